The monoisotopic (exact) mass is 489 g/mol. The van der Waals surface area contributed by atoms with Crippen molar-refractivity contribution in [3.8, 4) is 0 Å². The van der Waals surface area contributed by atoms with Crippen LogP contribution >= 0.6 is 23.2 Å². The van der Waals surface area contributed by atoms with Crippen LogP contribution < -0.4 is 16.4 Å². The minimum Gasteiger partial charge on any atom is -0.369 e. The Morgan fingerprint density at radius 1 is 1.03 bits per heavy atom. The van der Waals surface area contributed by atoms with Gasteiger partial charge in [0.1, 0.15) is 5.54 Å². The van der Waals surface area contributed by atoms with E-state index in [9.17, 15) is 9.59 Å². The number of nitrogens with two attached hydrogens (primary N) is 1. The van der Waals surface area contributed by atoms with Crippen LogP contribution in [0, 0.1) is 5.92 Å². The van der Waals surface area contributed by atoms with E-state index in [0.717, 1.165) is 16.7 Å². The molecule has 3 rings (SSSR count). The molecular formula is C24H29Cl2N5O2. The van der Waals surface area contributed by atoms with Gasteiger partial charge in [-0.25, -0.2) is 9.79 Å². The summed E-state index contributed by atoms with van der Waals surface area (Å²) >= 11 is 11.9. The van der Waals surface area contributed by atoms with Gasteiger partial charge in [-0.3, -0.25) is 9.69 Å². The molecule has 4 N–H and O–H groups in total. The first kappa shape index (κ1) is 24.9. The van der Waals surface area contributed by atoms with Crippen LogP contribution in [-0.2, 0) is 24.4 Å². The molecule has 9 heteroatoms. The molecule has 0 radical (unpaired) electrons. The molecule has 0 spiro atoms. The van der Waals surface area contributed by atoms with Gasteiger partial charge in [0.25, 0.3) is 5.91 Å². The number of hydrogen-bond donors (Lipinski definition) is 3. The molecule has 0 fully saturated rings. The topological polar surface area (TPSA) is 99.8 Å². The van der Waals surface area contributed by atoms with Gasteiger partial charge in [-0.15, -0.1) is 0 Å². The smallest absolute Gasteiger partial charge is 0.315 e. The van der Waals surface area contributed by atoms with E-state index < -0.39 is 5.54 Å². The second-order valence-corrected chi connectivity index (χ2v) is 9.65. The van der Waals surface area contributed by atoms with Gasteiger partial charge < -0.3 is 16.4 Å². The van der Waals surface area contributed by atoms with E-state index >= 15 is 0 Å². The fourth-order valence-corrected chi connectivity index (χ4v) is 4.18. The summed E-state index contributed by atoms with van der Waals surface area (Å²) in [7, 11) is 0. The predicted octanol–water partition coefficient (Wildman–Crippen LogP) is 4.45. The lowest BCUT2D eigenvalue weighted by molar-refractivity contribution is -0.131. The van der Waals surface area contributed by atoms with Crippen LogP contribution in [-0.4, -0.2) is 28.3 Å². The number of guanidine groups is 1. The number of rotatable bonds is 8. The summed E-state index contributed by atoms with van der Waals surface area (Å²) in [6.07, 6.45) is 0.654. The first-order chi connectivity index (χ1) is 15.6. The summed E-state index contributed by atoms with van der Waals surface area (Å²) in [6, 6.07) is 12.6. The van der Waals surface area contributed by atoms with Gasteiger partial charge in [0.15, 0.2) is 5.96 Å². The Bertz CT molecular complexity index is 1060. The van der Waals surface area contributed by atoms with Gasteiger partial charge in [0, 0.05) is 13.1 Å². The van der Waals surface area contributed by atoms with Gasteiger partial charge in [0.05, 0.1) is 16.6 Å². The summed E-state index contributed by atoms with van der Waals surface area (Å²) in [5.41, 5.74) is 7.97. The summed E-state index contributed by atoms with van der Waals surface area (Å²) in [6.45, 7) is 7.03. The molecule has 0 aromatic heterocycles. The Morgan fingerprint density at radius 3 is 2.21 bits per heavy atom. The van der Waals surface area contributed by atoms with Crippen LogP contribution in [0.5, 0.6) is 0 Å². The average molecular weight is 490 g/mol. The van der Waals surface area contributed by atoms with Crippen molar-refractivity contribution in [3.63, 3.8) is 0 Å². The first-order valence-corrected chi connectivity index (χ1v) is 11.5. The minimum absolute atomic E-state index is 0.0712. The number of urea groups is 1. The van der Waals surface area contributed by atoms with E-state index in [0.29, 0.717) is 42.0 Å². The van der Waals surface area contributed by atoms with Crippen LogP contribution in [0.4, 0.5) is 4.79 Å². The maximum Gasteiger partial charge on any atom is 0.315 e. The highest BCUT2D eigenvalue weighted by Gasteiger charge is 2.43. The van der Waals surface area contributed by atoms with Crippen molar-refractivity contribution in [1.82, 2.24) is 15.5 Å². The third-order valence-electron chi connectivity index (χ3n) is 5.40. The lowest BCUT2D eigenvalue weighted by atomic mass is 9.91. The maximum absolute atomic E-state index is 12.9. The second kappa shape index (κ2) is 10.4. The molecule has 1 atom stereocenters. The molecule has 1 unspecified atom stereocenters. The number of carbonyl (C=O) groups excluding carboxylic acids is 2. The molecule has 1 heterocycles. The molecular weight excluding hydrogens is 461 g/mol. The van der Waals surface area contributed by atoms with E-state index in [1.54, 1.807) is 18.2 Å². The van der Waals surface area contributed by atoms with E-state index in [4.69, 9.17) is 28.9 Å². The third-order valence-corrected chi connectivity index (χ3v) is 6.14. The largest absolute Gasteiger partial charge is 0.369 e. The highest BCUT2D eigenvalue weighted by Crippen LogP contribution is 2.29. The average Bonchev–Trinajstić information content (AvgIpc) is 2.96. The lowest BCUT2D eigenvalue weighted by Crippen LogP contribution is -2.43. The molecule has 0 bridgehead atoms. The number of halogens is 2. The third kappa shape index (κ3) is 6.39. The number of amides is 3. The van der Waals surface area contributed by atoms with Crippen molar-refractivity contribution < 1.29 is 9.59 Å². The van der Waals surface area contributed by atoms with Crippen molar-refractivity contribution >= 4 is 41.1 Å². The molecule has 0 saturated carbocycles. The Balaban J connectivity index is 1.49. The molecule has 1 aliphatic heterocycles. The fourth-order valence-electron chi connectivity index (χ4n) is 3.86. The molecule has 176 valence electrons. The SMILES string of the molecule is CC(C)CC1(C)N=C(N)N(Cc2ccc(CNC(=O)NCc3ccc(Cl)c(Cl)c3)cc2)C1=O. The van der Waals surface area contributed by atoms with Gasteiger partial charge >= 0.3 is 6.03 Å². The molecule has 2 aromatic carbocycles. The molecule has 3 amide bonds. The zero-order valence-electron chi connectivity index (χ0n) is 19.0. The fraction of sp³-hybridized carbons (Fsp3) is 0.375. The minimum atomic E-state index is -0.799. The van der Waals surface area contributed by atoms with Crippen molar-refractivity contribution in [3.05, 3.63) is 69.2 Å². The summed E-state index contributed by atoms with van der Waals surface area (Å²) < 4.78 is 0. The Kier molecular flexibility index (Phi) is 7.87. The van der Waals surface area contributed by atoms with Crippen LogP contribution in [0.15, 0.2) is 47.5 Å². The Hall–Kier alpha value is -2.77. The number of nitrogens with zero attached hydrogens (tertiary/aromatic N) is 2. The maximum atomic E-state index is 12.9. The second-order valence-electron chi connectivity index (χ2n) is 8.83. The van der Waals surface area contributed by atoms with Crippen molar-refractivity contribution in [2.75, 3.05) is 0 Å². The summed E-state index contributed by atoms with van der Waals surface area (Å²) in [4.78, 5) is 31.0. The molecule has 2 aromatic rings. The van der Waals surface area contributed by atoms with Crippen LogP contribution in [0.2, 0.25) is 10.0 Å². The normalized spacial score (nSPS) is 17.9. The Labute approximate surface area is 204 Å². The van der Waals surface area contributed by atoms with Crippen LogP contribution in [0.3, 0.4) is 0 Å². The van der Waals surface area contributed by atoms with Gasteiger partial charge in [0.2, 0.25) is 0 Å². The summed E-state index contributed by atoms with van der Waals surface area (Å²) in [5, 5.41) is 6.52. The number of hydrogen-bond acceptors (Lipinski definition) is 4. The van der Waals surface area contributed by atoms with Crippen LogP contribution in [0.25, 0.3) is 0 Å². The zero-order chi connectivity index (χ0) is 24.2. The number of benzene rings is 2. The number of nitrogens with one attached hydrogen (secondary N) is 2. The first-order valence-electron chi connectivity index (χ1n) is 10.8. The van der Waals surface area contributed by atoms with Crippen molar-refractivity contribution in [2.45, 2.75) is 52.4 Å². The Morgan fingerprint density at radius 2 is 1.61 bits per heavy atom. The molecule has 0 aliphatic carbocycles. The van der Waals surface area contributed by atoms with Gasteiger partial charge in [-0.2, -0.15) is 0 Å². The van der Waals surface area contributed by atoms with Gasteiger partial charge in [-0.05, 0) is 48.1 Å². The molecule has 33 heavy (non-hydrogen) atoms. The molecule has 7 nitrogen and oxygen atoms in total. The van der Waals surface area contributed by atoms with E-state index in [1.165, 1.54) is 4.90 Å². The molecule has 1 aliphatic rings. The quantitative estimate of drug-likeness (QED) is 0.510. The van der Waals surface area contributed by atoms with Crippen LogP contribution in [0.1, 0.15) is 43.9 Å². The van der Waals surface area contributed by atoms with Gasteiger partial charge in [-0.1, -0.05) is 67.4 Å². The van der Waals surface area contributed by atoms with E-state index in [-0.39, 0.29) is 17.9 Å². The zero-order valence-corrected chi connectivity index (χ0v) is 20.5. The number of aliphatic imine (C=N–C) groups is 1. The highest BCUT2D eigenvalue weighted by atomic mass is 35.5. The molecule has 0 saturated heterocycles. The van der Waals surface area contributed by atoms with Crippen molar-refractivity contribution in [2.24, 2.45) is 16.6 Å². The van der Waals surface area contributed by atoms with Crippen molar-refractivity contribution in [1.29, 1.82) is 0 Å². The van der Waals surface area contributed by atoms with E-state index in [2.05, 4.69) is 29.5 Å². The lowest BCUT2D eigenvalue weighted by Gasteiger charge is -2.23. The summed E-state index contributed by atoms with van der Waals surface area (Å²) in [5.74, 6) is 0.522. The highest BCUT2D eigenvalue weighted by molar-refractivity contribution is 6.42. The number of carbonyl (C=O) groups is 2. The predicted molar refractivity (Wildman–Crippen MR) is 132 cm³/mol. The standard InChI is InChI=1S/C24H29Cl2N5O2/c1-15(2)11-24(3)21(32)31(22(27)30-24)14-17-6-4-16(5-7-17)12-28-23(33)29-13-18-8-9-19(25)20(26)10-18/h4-10,15H,11-14H2,1-3H3,(H2,27,30)(H2,28,29,33). The van der Waals surface area contributed by atoms with E-state index in [1.807, 2.05) is 31.2 Å².